The molecule has 0 atom stereocenters. The van der Waals surface area contributed by atoms with Crippen LogP contribution in [0.1, 0.15) is 48.6 Å². The summed E-state index contributed by atoms with van der Waals surface area (Å²) in [6.45, 7) is 6.02. The molecule has 0 bridgehead atoms. The standard InChI is InChI=1S/C31H35NO/c1-3-4-6-9-26-13-15-27(16-14-26)22-23-32-25(2)12-21-31(32)29-17-19-30(20-18-29)33-24-28-10-7-5-8-11-28/h5,7-8,10-21H,3-4,6,9,22-24H2,1-2H3. The second kappa shape index (κ2) is 11.6. The average Bonchev–Trinajstić information content (AvgIpc) is 3.23. The van der Waals surface area contributed by atoms with Crippen molar-refractivity contribution < 1.29 is 4.74 Å². The van der Waals surface area contributed by atoms with Crippen LogP contribution in [0.3, 0.4) is 0 Å². The van der Waals surface area contributed by atoms with Crippen LogP contribution in [-0.4, -0.2) is 4.57 Å². The van der Waals surface area contributed by atoms with Crippen molar-refractivity contribution in [1.82, 2.24) is 4.57 Å². The quantitative estimate of drug-likeness (QED) is 0.217. The van der Waals surface area contributed by atoms with Crippen LogP contribution in [0.2, 0.25) is 0 Å². The van der Waals surface area contributed by atoms with Gasteiger partial charge in [0, 0.05) is 17.9 Å². The van der Waals surface area contributed by atoms with Gasteiger partial charge in [-0.3, -0.25) is 0 Å². The maximum atomic E-state index is 5.96. The van der Waals surface area contributed by atoms with Crippen LogP contribution < -0.4 is 4.74 Å². The molecule has 4 rings (SSSR count). The van der Waals surface area contributed by atoms with Crippen molar-refractivity contribution in [2.75, 3.05) is 0 Å². The fourth-order valence-corrected chi connectivity index (χ4v) is 4.27. The maximum Gasteiger partial charge on any atom is 0.119 e. The van der Waals surface area contributed by atoms with Crippen molar-refractivity contribution >= 4 is 0 Å². The van der Waals surface area contributed by atoms with Crippen molar-refractivity contribution in [2.45, 2.75) is 59.1 Å². The van der Waals surface area contributed by atoms with Gasteiger partial charge in [-0.05, 0) is 84.8 Å². The van der Waals surface area contributed by atoms with E-state index in [2.05, 4.69) is 91.2 Å². The number of aromatic nitrogens is 1. The summed E-state index contributed by atoms with van der Waals surface area (Å²) in [4.78, 5) is 0. The molecule has 0 amide bonds. The first-order chi connectivity index (χ1) is 16.2. The lowest BCUT2D eigenvalue weighted by molar-refractivity contribution is 0.306. The zero-order valence-electron chi connectivity index (χ0n) is 20.0. The molecule has 33 heavy (non-hydrogen) atoms. The smallest absolute Gasteiger partial charge is 0.119 e. The predicted molar refractivity (Wildman–Crippen MR) is 139 cm³/mol. The van der Waals surface area contributed by atoms with E-state index < -0.39 is 0 Å². The van der Waals surface area contributed by atoms with Gasteiger partial charge < -0.3 is 9.30 Å². The molecule has 0 saturated heterocycles. The summed E-state index contributed by atoms with van der Waals surface area (Å²) in [6.07, 6.45) is 6.12. The van der Waals surface area contributed by atoms with Crippen LogP contribution in [-0.2, 0) is 26.0 Å². The van der Waals surface area contributed by atoms with E-state index in [0.717, 1.165) is 18.7 Å². The molecule has 0 aliphatic rings. The van der Waals surface area contributed by atoms with E-state index in [4.69, 9.17) is 4.74 Å². The summed E-state index contributed by atoms with van der Waals surface area (Å²) in [5.41, 5.74) is 7.82. The van der Waals surface area contributed by atoms with Crippen molar-refractivity contribution in [3.8, 4) is 17.0 Å². The molecule has 170 valence electrons. The van der Waals surface area contributed by atoms with Crippen molar-refractivity contribution in [1.29, 1.82) is 0 Å². The van der Waals surface area contributed by atoms with E-state index in [0.29, 0.717) is 6.61 Å². The number of ether oxygens (including phenoxy) is 1. The minimum atomic E-state index is 0.590. The molecule has 0 N–H and O–H groups in total. The molecule has 0 saturated carbocycles. The lowest BCUT2D eigenvalue weighted by Gasteiger charge is -2.13. The van der Waals surface area contributed by atoms with Crippen LogP contribution in [0.4, 0.5) is 0 Å². The Balaban J connectivity index is 1.37. The predicted octanol–water partition coefficient (Wildman–Crippen LogP) is 8.02. The average molecular weight is 438 g/mol. The first-order valence-electron chi connectivity index (χ1n) is 12.2. The number of hydrogen-bond acceptors (Lipinski definition) is 1. The summed E-state index contributed by atoms with van der Waals surface area (Å²) in [6, 6.07) is 32.4. The maximum absolute atomic E-state index is 5.96. The lowest BCUT2D eigenvalue weighted by Crippen LogP contribution is -2.05. The van der Waals surface area contributed by atoms with Crippen molar-refractivity contribution in [3.63, 3.8) is 0 Å². The Morgan fingerprint density at radius 2 is 1.36 bits per heavy atom. The van der Waals surface area contributed by atoms with Crippen molar-refractivity contribution in [2.24, 2.45) is 0 Å². The zero-order chi connectivity index (χ0) is 22.9. The third-order valence-electron chi connectivity index (χ3n) is 6.31. The van der Waals surface area contributed by atoms with Crippen LogP contribution >= 0.6 is 0 Å². The normalized spacial score (nSPS) is 11.0. The van der Waals surface area contributed by atoms with Crippen LogP contribution in [0.5, 0.6) is 5.75 Å². The van der Waals surface area contributed by atoms with E-state index in [-0.39, 0.29) is 0 Å². The van der Waals surface area contributed by atoms with Gasteiger partial charge in [0.2, 0.25) is 0 Å². The monoisotopic (exact) mass is 437 g/mol. The van der Waals surface area contributed by atoms with Gasteiger partial charge in [-0.15, -0.1) is 0 Å². The Hall–Kier alpha value is -3.26. The molecular formula is C31H35NO. The molecule has 2 heteroatoms. The minimum absolute atomic E-state index is 0.590. The molecule has 0 aliphatic carbocycles. The Kier molecular flexibility index (Phi) is 8.03. The Labute approximate surface area is 198 Å². The number of benzene rings is 3. The SMILES string of the molecule is CCCCCc1ccc(CCn2c(C)ccc2-c2ccc(OCc3ccccc3)cc2)cc1. The summed E-state index contributed by atoms with van der Waals surface area (Å²) < 4.78 is 8.38. The van der Waals surface area contributed by atoms with E-state index in [1.54, 1.807) is 0 Å². The Morgan fingerprint density at radius 3 is 2.06 bits per heavy atom. The molecule has 0 fully saturated rings. The molecule has 3 aromatic carbocycles. The van der Waals surface area contributed by atoms with Crippen LogP contribution in [0.15, 0.2) is 91.0 Å². The zero-order valence-corrected chi connectivity index (χ0v) is 20.0. The summed E-state index contributed by atoms with van der Waals surface area (Å²) in [5, 5.41) is 0. The largest absolute Gasteiger partial charge is 0.489 e. The first-order valence-corrected chi connectivity index (χ1v) is 12.2. The third-order valence-corrected chi connectivity index (χ3v) is 6.31. The molecule has 0 radical (unpaired) electrons. The van der Waals surface area contributed by atoms with Gasteiger partial charge in [0.25, 0.3) is 0 Å². The Morgan fingerprint density at radius 1 is 0.667 bits per heavy atom. The van der Waals surface area contributed by atoms with Gasteiger partial charge in [-0.25, -0.2) is 0 Å². The second-order valence-electron chi connectivity index (χ2n) is 8.83. The molecule has 1 heterocycles. The highest BCUT2D eigenvalue weighted by Gasteiger charge is 2.08. The molecule has 0 aliphatic heterocycles. The Bertz CT molecular complexity index is 1110. The topological polar surface area (TPSA) is 14.2 Å². The summed E-state index contributed by atoms with van der Waals surface area (Å²) in [7, 11) is 0. The van der Waals surface area contributed by atoms with Gasteiger partial charge in [0.05, 0.1) is 0 Å². The highest BCUT2D eigenvalue weighted by molar-refractivity contribution is 5.62. The van der Waals surface area contributed by atoms with Gasteiger partial charge in [0.1, 0.15) is 12.4 Å². The number of nitrogens with zero attached hydrogens (tertiary/aromatic N) is 1. The van der Waals surface area contributed by atoms with E-state index in [1.165, 1.54) is 59.3 Å². The first kappa shape index (κ1) is 22.9. The third kappa shape index (κ3) is 6.38. The summed E-state index contributed by atoms with van der Waals surface area (Å²) in [5.74, 6) is 0.899. The molecule has 4 aromatic rings. The minimum Gasteiger partial charge on any atom is -0.489 e. The highest BCUT2D eigenvalue weighted by Crippen LogP contribution is 2.26. The molecule has 1 aromatic heterocycles. The van der Waals surface area contributed by atoms with Crippen molar-refractivity contribution in [3.05, 3.63) is 113 Å². The van der Waals surface area contributed by atoms with Crippen LogP contribution in [0.25, 0.3) is 11.3 Å². The lowest BCUT2D eigenvalue weighted by atomic mass is 10.0. The number of aryl methyl sites for hydroxylation is 3. The molecule has 0 spiro atoms. The van der Waals surface area contributed by atoms with E-state index >= 15 is 0 Å². The fourth-order valence-electron chi connectivity index (χ4n) is 4.27. The molecular weight excluding hydrogens is 402 g/mol. The molecule has 0 unspecified atom stereocenters. The van der Waals surface area contributed by atoms with E-state index in [9.17, 15) is 0 Å². The highest BCUT2D eigenvalue weighted by atomic mass is 16.5. The second-order valence-corrected chi connectivity index (χ2v) is 8.83. The molecule has 2 nitrogen and oxygen atoms in total. The number of rotatable bonds is 11. The van der Waals surface area contributed by atoms with E-state index in [1.807, 2.05) is 18.2 Å². The summed E-state index contributed by atoms with van der Waals surface area (Å²) >= 11 is 0. The van der Waals surface area contributed by atoms with Gasteiger partial charge >= 0.3 is 0 Å². The van der Waals surface area contributed by atoms with Gasteiger partial charge in [0.15, 0.2) is 0 Å². The van der Waals surface area contributed by atoms with Crippen LogP contribution in [0, 0.1) is 6.92 Å². The fraction of sp³-hybridized carbons (Fsp3) is 0.290. The number of hydrogen-bond donors (Lipinski definition) is 0. The van der Waals surface area contributed by atoms with Gasteiger partial charge in [-0.2, -0.15) is 0 Å². The van der Waals surface area contributed by atoms with Gasteiger partial charge in [-0.1, -0.05) is 74.4 Å². The number of unbranched alkanes of at least 4 members (excludes halogenated alkanes) is 2.